The number of hydrogen-bond acceptors (Lipinski definition) is 8. The van der Waals surface area contributed by atoms with Crippen LogP contribution in [0.15, 0.2) is 46.0 Å². The van der Waals surface area contributed by atoms with E-state index >= 15 is 0 Å². The lowest BCUT2D eigenvalue weighted by Gasteiger charge is -2.28. The number of nitrogens with zero attached hydrogens (tertiary/aromatic N) is 3. The van der Waals surface area contributed by atoms with E-state index in [1.54, 1.807) is 30.7 Å². The van der Waals surface area contributed by atoms with Crippen molar-refractivity contribution in [3.05, 3.63) is 74.0 Å². The van der Waals surface area contributed by atoms with Gasteiger partial charge in [-0.3, -0.25) is 14.9 Å². The highest BCUT2D eigenvalue weighted by Gasteiger charge is 2.26. The van der Waals surface area contributed by atoms with E-state index in [0.29, 0.717) is 60.4 Å². The molecule has 0 saturated carbocycles. The zero-order valence-electron chi connectivity index (χ0n) is 19.2. The van der Waals surface area contributed by atoms with Gasteiger partial charge in [0.1, 0.15) is 16.4 Å². The van der Waals surface area contributed by atoms with Crippen LogP contribution in [0.25, 0.3) is 0 Å². The van der Waals surface area contributed by atoms with Crippen LogP contribution in [0.2, 0.25) is 0 Å². The Hall–Kier alpha value is -3.50. The van der Waals surface area contributed by atoms with Gasteiger partial charge in [0.25, 0.3) is 11.6 Å². The number of fused-ring (bicyclic) bond motifs is 1. The maximum Gasteiger partial charge on any atom is 0.293 e. The molecule has 0 atom stereocenters. The van der Waals surface area contributed by atoms with Crippen LogP contribution in [0.3, 0.4) is 0 Å². The largest absolute Gasteiger partial charge is 0.467 e. The lowest BCUT2D eigenvalue weighted by atomic mass is 9.95. The molecule has 1 N–H and O–H groups in total. The highest BCUT2D eigenvalue weighted by Crippen LogP contribution is 2.40. The van der Waals surface area contributed by atoms with Crippen molar-refractivity contribution in [3.8, 4) is 0 Å². The van der Waals surface area contributed by atoms with Gasteiger partial charge in [-0.25, -0.2) is 4.99 Å². The Kier molecular flexibility index (Phi) is 6.91. The number of thiophene rings is 1. The summed E-state index contributed by atoms with van der Waals surface area (Å²) in [5.74, 6) is 0.502. The smallest absolute Gasteiger partial charge is 0.293 e. The summed E-state index contributed by atoms with van der Waals surface area (Å²) in [5.41, 5.74) is 2.91. The van der Waals surface area contributed by atoms with Gasteiger partial charge in [0, 0.05) is 30.2 Å². The number of benzene rings is 1. The van der Waals surface area contributed by atoms with Gasteiger partial charge in [-0.2, -0.15) is 0 Å². The topological polar surface area (TPSA) is 110 Å². The number of aryl methyl sites for hydroxylation is 1. The number of hydrogen-bond donors (Lipinski definition) is 1. The fourth-order valence-electron chi connectivity index (χ4n) is 4.52. The second-order valence-electron chi connectivity index (χ2n) is 8.52. The number of anilines is 1. The number of ether oxygens (including phenoxy) is 1. The highest BCUT2D eigenvalue weighted by atomic mass is 32.1. The van der Waals surface area contributed by atoms with Crippen LogP contribution >= 0.6 is 11.3 Å². The molecule has 1 saturated heterocycles. The average Bonchev–Trinajstić information content (AvgIpc) is 3.54. The number of carbonyl (C=O) groups excluding carboxylic acids is 1. The van der Waals surface area contributed by atoms with Gasteiger partial charge in [0.15, 0.2) is 0 Å². The number of rotatable bonds is 7. The molecule has 1 aromatic carbocycles. The minimum absolute atomic E-state index is 0.0396. The molecule has 1 fully saturated rings. The van der Waals surface area contributed by atoms with Crippen molar-refractivity contribution in [1.29, 1.82) is 0 Å². The summed E-state index contributed by atoms with van der Waals surface area (Å²) in [6.45, 7) is 2.63. The Balaban J connectivity index is 1.42. The van der Waals surface area contributed by atoms with Crippen molar-refractivity contribution in [1.82, 2.24) is 5.32 Å². The van der Waals surface area contributed by atoms with E-state index in [1.807, 2.05) is 17.0 Å². The Morgan fingerprint density at radius 2 is 2.06 bits per heavy atom. The fourth-order valence-corrected chi connectivity index (χ4v) is 5.75. The molecular weight excluding hydrogens is 468 g/mol. The quantitative estimate of drug-likeness (QED) is 0.291. The van der Waals surface area contributed by atoms with Crippen LogP contribution in [-0.4, -0.2) is 43.3 Å². The molecule has 1 aliphatic carbocycles. The van der Waals surface area contributed by atoms with Gasteiger partial charge in [-0.1, -0.05) is 6.07 Å². The van der Waals surface area contributed by atoms with Crippen LogP contribution in [0.5, 0.6) is 0 Å². The maximum absolute atomic E-state index is 13.1. The van der Waals surface area contributed by atoms with Crippen LogP contribution in [-0.2, 0) is 24.1 Å². The van der Waals surface area contributed by atoms with Gasteiger partial charge in [-0.15, -0.1) is 11.3 Å². The molecular formula is C25H26N4O5S. The minimum atomic E-state index is -0.362. The van der Waals surface area contributed by atoms with Crippen molar-refractivity contribution in [2.45, 2.75) is 32.2 Å². The molecule has 10 heteroatoms. The standard InChI is InChI=1S/C25H26N4O5S/c30-24(26-16-18-4-3-11-34-18)23-19-5-1-2-6-22(19)35-25(23)27-15-17-7-8-20(21(14-17)29(31)32)28-9-12-33-13-10-28/h3-4,7-8,11,14-15H,1-2,5-6,9-10,12-13,16H2,(H,26,30). The predicted octanol–water partition coefficient (Wildman–Crippen LogP) is 4.65. The Labute approximate surface area is 206 Å². The molecule has 2 aliphatic rings. The summed E-state index contributed by atoms with van der Waals surface area (Å²) >= 11 is 1.53. The first-order chi connectivity index (χ1) is 17.1. The number of nitrogens with one attached hydrogen (secondary N) is 1. The van der Waals surface area contributed by atoms with Crippen LogP contribution < -0.4 is 10.2 Å². The molecule has 5 rings (SSSR count). The van der Waals surface area contributed by atoms with Crippen molar-refractivity contribution >= 4 is 39.8 Å². The zero-order valence-corrected chi connectivity index (χ0v) is 20.0. The second kappa shape index (κ2) is 10.4. The molecule has 0 unspecified atom stereocenters. The van der Waals surface area contributed by atoms with Crippen LogP contribution in [0, 0.1) is 10.1 Å². The molecule has 0 bridgehead atoms. The van der Waals surface area contributed by atoms with Gasteiger partial charge in [-0.05, 0) is 55.0 Å². The first kappa shape index (κ1) is 23.3. The van der Waals surface area contributed by atoms with Gasteiger partial charge < -0.3 is 19.4 Å². The third kappa shape index (κ3) is 5.13. The normalized spacial score (nSPS) is 15.8. The van der Waals surface area contributed by atoms with E-state index < -0.39 is 0 Å². The van der Waals surface area contributed by atoms with Crippen molar-refractivity contribution in [3.63, 3.8) is 0 Å². The average molecular weight is 495 g/mol. The number of amides is 1. The lowest BCUT2D eigenvalue weighted by Crippen LogP contribution is -2.36. The van der Waals surface area contributed by atoms with Gasteiger partial charge >= 0.3 is 0 Å². The van der Waals surface area contributed by atoms with E-state index in [2.05, 4.69) is 10.3 Å². The molecule has 182 valence electrons. The van der Waals surface area contributed by atoms with Gasteiger partial charge in [0.05, 0.1) is 36.5 Å². The predicted molar refractivity (Wildman–Crippen MR) is 134 cm³/mol. The summed E-state index contributed by atoms with van der Waals surface area (Å²) in [6.07, 6.45) is 7.11. The van der Waals surface area contributed by atoms with E-state index in [0.717, 1.165) is 31.2 Å². The number of furan rings is 1. The molecule has 0 spiro atoms. The van der Waals surface area contributed by atoms with Crippen molar-refractivity contribution in [2.24, 2.45) is 4.99 Å². The molecule has 9 nitrogen and oxygen atoms in total. The molecule has 2 aromatic heterocycles. The molecule has 3 heterocycles. The Morgan fingerprint density at radius 3 is 2.83 bits per heavy atom. The summed E-state index contributed by atoms with van der Waals surface area (Å²) in [4.78, 5) is 32.4. The number of morpholine rings is 1. The summed E-state index contributed by atoms with van der Waals surface area (Å²) in [5, 5.41) is 15.4. The summed E-state index contributed by atoms with van der Waals surface area (Å²) in [7, 11) is 0. The Morgan fingerprint density at radius 1 is 1.23 bits per heavy atom. The molecule has 3 aromatic rings. The molecule has 35 heavy (non-hydrogen) atoms. The minimum Gasteiger partial charge on any atom is -0.467 e. The number of nitro benzene ring substituents is 1. The van der Waals surface area contributed by atoms with Crippen molar-refractivity contribution < 1.29 is 18.9 Å². The maximum atomic E-state index is 13.1. The second-order valence-corrected chi connectivity index (χ2v) is 9.60. The fraction of sp³-hybridized carbons (Fsp3) is 0.360. The Bertz CT molecular complexity index is 1250. The molecule has 1 aliphatic heterocycles. The third-order valence-electron chi connectivity index (χ3n) is 6.26. The SMILES string of the molecule is O=C(NCc1ccco1)c1c(N=Cc2ccc(N3CCOCC3)c([N+](=O)[O-])c2)sc2c1CCCC2. The van der Waals surface area contributed by atoms with Crippen LogP contribution in [0.1, 0.15) is 45.0 Å². The molecule has 1 amide bonds. The summed E-state index contributed by atoms with van der Waals surface area (Å²) < 4.78 is 10.7. The zero-order chi connectivity index (χ0) is 24.2. The first-order valence-electron chi connectivity index (χ1n) is 11.7. The molecule has 0 radical (unpaired) electrons. The van der Waals surface area contributed by atoms with E-state index in [-0.39, 0.29) is 16.5 Å². The summed E-state index contributed by atoms with van der Waals surface area (Å²) in [6, 6.07) is 8.73. The van der Waals surface area contributed by atoms with E-state index in [1.165, 1.54) is 16.2 Å². The van der Waals surface area contributed by atoms with E-state index in [4.69, 9.17) is 9.15 Å². The lowest BCUT2D eigenvalue weighted by molar-refractivity contribution is -0.384. The van der Waals surface area contributed by atoms with Gasteiger partial charge in [0.2, 0.25) is 0 Å². The van der Waals surface area contributed by atoms with E-state index in [9.17, 15) is 14.9 Å². The number of carbonyl (C=O) groups is 1. The van der Waals surface area contributed by atoms with Crippen LogP contribution in [0.4, 0.5) is 16.4 Å². The third-order valence-corrected chi connectivity index (χ3v) is 7.46. The monoisotopic (exact) mass is 494 g/mol. The van der Waals surface area contributed by atoms with Crippen molar-refractivity contribution in [2.75, 3.05) is 31.2 Å². The number of aliphatic imine (C=N–C) groups is 1. The number of nitro groups is 1. The first-order valence-corrected chi connectivity index (χ1v) is 12.5. The highest BCUT2D eigenvalue weighted by molar-refractivity contribution is 7.16.